The maximum atomic E-state index is 13.0. The number of hydrogen-bond acceptors (Lipinski definition) is 5. The summed E-state index contributed by atoms with van der Waals surface area (Å²) in [6.07, 6.45) is 0. The standard InChI is InChI=1S/C18H20FNO5/c1-22-15-9-12(10-16(23-2)17(15)24-3)18(21)20-7-8-25-14-6-4-5-13(19)11-14/h4-6,9-11H,7-8H2,1-3H3,(H,20,21). The number of amides is 1. The largest absolute Gasteiger partial charge is 0.493 e. The van der Waals surface area contributed by atoms with Crippen molar-refractivity contribution in [1.29, 1.82) is 0 Å². The number of ether oxygens (including phenoxy) is 4. The quantitative estimate of drug-likeness (QED) is 0.742. The number of carbonyl (C=O) groups is 1. The lowest BCUT2D eigenvalue weighted by Crippen LogP contribution is -2.28. The Kier molecular flexibility index (Phi) is 6.45. The van der Waals surface area contributed by atoms with E-state index in [1.54, 1.807) is 24.3 Å². The summed E-state index contributed by atoms with van der Waals surface area (Å²) in [4.78, 5) is 12.3. The van der Waals surface area contributed by atoms with E-state index in [0.717, 1.165) is 0 Å². The van der Waals surface area contributed by atoms with Gasteiger partial charge < -0.3 is 24.3 Å². The van der Waals surface area contributed by atoms with Crippen molar-refractivity contribution in [3.63, 3.8) is 0 Å². The minimum Gasteiger partial charge on any atom is -0.493 e. The Labute approximate surface area is 145 Å². The van der Waals surface area contributed by atoms with Crippen LogP contribution < -0.4 is 24.3 Å². The number of nitrogens with one attached hydrogen (secondary N) is 1. The van der Waals surface area contributed by atoms with Crippen LogP contribution >= 0.6 is 0 Å². The molecule has 0 bridgehead atoms. The normalized spacial score (nSPS) is 10.1. The Hall–Kier alpha value is -2.96. The van der Waals surface area contributed by atoms with Crippen molar-refractivity contribution in [2.24, 2.45) is 0 Å². The molecule has 1 amide bonds. The molecule has 2 aromatic carbocycles. The van der Waals surface area contributed by atoms with Gasteiger partial charge in [-0.2, -0.15) is 0 Å². The highest BCUT2D eigenvalue weighted by Gasteiger charge is 2.16. The van der Waals surface area contributed by atoms with Crippen LogP contribution in [-0.4, -0.2) is 40.4 Å². The van der Waals surface area contributed by atoms with Crippen LogP contribution in [-0.2, 0) is 0 Å². The third-order valence-electron chi connectivity index (χ3n) is 3.38. The summed E-state index contributed by atoms with van der Waals surface area (Å²) in [5, 5.41) is 2.71. The van der Waals surface area contributed by atoms with Gasteiger partial charge in [-0.1, -0.05) is 6.07 Å². The Balaban J connectivity index is 1.96. The highest BCUT2D eigenvalue weighted by Crippen LogP contribution is 2.38. The molecule has 0 saturated carbocycles. The van der Waals surface area contributed by atoms with Crippen LogP contribution in [0.25, 0.3) is 0 Å². The Morgan fingerprint density at radius 3 is 2.28 bits per heavy atom. The van der Waals surface area contributed by atoms with Crippen LogP contribution in [0, 0.1) is 5.82 Å². The molecule has 0 fully saturated rings. The summed E-state index contributed by atoms with van der Waals surface area (Å²) < 4.78 is 34.1. The molecule has 0 saturated heterocycles. The predicted molar refractivity (Wildman–Crippen MR) is 90.3 cm³/mol. The summed E-state index contributed by atoms with van der Waals surface area (Å²) in [5.74, 6) is 0.907. The predicted octanol–water partition coefficient (Wildman–Crippen LogP) is 2.66. The van der Waals surface area contributed by atoms with E-state index in [9.17, 15) is 9.18 Å². The number of carbonyl (C=O) groups excluding carboxylic acids is 1. The molecule has 0 atom stereocenters. The molecule has 0 unspecified atom stereocenters. The molecule has 0 spiro atoms. The molecule has 6 nitrogen and oxygen atoms in total. The zero-order valence-electron chi connectivity index (χ0n) is 14.3. The second-order valence-electron chi connectivity index (χ2n) is 4.98. The number of methoxy groups -OCH3 is 3. The Morgan fingerprint density at radius 1 is 1.04 bits per heavy atom. The first kappa shape index (κ1) is 18.4. The zero-order valence-corrected chi connectivity index (χ0v) is 14.3. The van der Waals surface area contributed by atoms with E-state index in [4.69, 9.17) is 18.9 Å². The second kappa shape index (κ2) is 8.77. The fraction of sp³-hybridized carbons (Fsp3) is 0.278. The SMILES string of the molecule is COc1cc(C(=O)NCCOc2cccc(F)c2)cc(OC)c1OC. The average molecular weight is 349 g/mol. The molecular weight excluding hydrogens is 329 g/mol. The number of hydrogen-bond donors (Lipinski definition) is 1. The van der Waals surface area contributed by atoms with Crippen molar-refractivity contribution in [3.8, 4) is 23.0 Å². The van der Waals surface area contributed by atoms with Gasteiger partial charge in [0.2, 0.25) is 5.75 Å². The van der Waals surface area contributed by atoms with Crippen molar-refractivity contribution in [1.82, 2.24) is 5.32 Å². The van der Waals surface area contributed by atoms with Crippen LogP contribution in [0.5, 0.6) is 23.0 Å². The summed E-state index contributed by atoms with van der Waals surface area (Å²) >= 11 is 0. The summed E-state index contributed by atoms with van der Waals surface area (Å²) in [6.45, 7) is 0.464. The van der Waals surface area contributed by atoms with Crippen molar-refractivity contribution >= 4 is 5.91 Å². The lowest BCUT2D eigenvalue weighted by Gasteiger charge is -2.14. The van der Waals surface area contributed by atoms with Gasteiger partial charge in [-0.15, -0.1) is 0 Å². The monoisotopic (exact) mass is 349 g/mol. The smallest absolute Gasteiger partial charge is 0.251 e. The first-order valence-electron chi connectivity index (χ1n) is 7.55. The van der Waals surface area contributed by atoms with Crippen molar-refractivity contribution in [2.45, 2.75) is 0 Å². The fourth-order valence-corrected chi connectivity index (χ4v) is 2.20. The molecular formula is C18H20FNO5. The van der Waals surface area contributed by atoms with Gasteiger partial charge in [0, 0.05) is 11.6 Å². The zero-order chi connectivity index (χ0) is 18.2. The average Bonchev–Trinajstić information content (AvgIpc) is 2.63. The molecule has 0 aliphatic rings. The van der Waals surface area contributed by atoms with Gasteiger partial charge in [0.25, 0.3) is 5.91 Å². The van der Waals surface area contributed by atoms with Crippen molar-refractivity contribution < 1.29 is 28.1 Å². The van der Waals surface area contributed by atoms with E-state index < -0.39 is 0 Å². The minimum absolute atomic E-state index is 0.208. The molecule has 1 N–H and O–H groups in total. The topological polar surface area (TPSA) is 66.0 Å². The van der Waals surface area contributed by atoms with E-state index in [1.165, 1.54) is 33.5 Å². The van der Waals surface area contributed by atoms with Crippen LogP contribution in [0.4, 0.5) is 4.39 Å². The molecule has 0 aliphatic carbocycles. The number of rotatable bonds is 8. The van der Waals surface area contributed by atoms with Gasteiger partial charge in [0.1, 0.15) is 18.2 Å². The van der Waals surface area contributed by atoms with Gasteiger partial charge in [-0.05, 0) is 24.3 Å². The first-order chi connectivity index (χ1) is 12.1. The minimum atomic E-state index is -0.376. The third-order valence-corrected chi connectivity index (χ3v) is 3.38. The summed E-state index contributed by atoms with van der Waals surface area (Å²) in [5.41, 5.74) is 0.361. The van der Waals surface area contributed by atoms with Gasteiger partial charge in [0.15, 0.2) is 11.5 Å². The first-order valence-corrected chi connectivity index (χ1v) is 7.55. The van der Waals surface area contributed by atoms with E-state index in [-0.39, 0.29) is 24.9 Å². The van der Waals surface area contributed by atoms with Crippen LogP contribution in [0.2, 0.25) is 0 Å². The van der Waals surface area contributed by atoms with Gasteiger partial charge in [-0.25, -0.2) is 4.39 Å². The van der Waals surface area contributed by atoms with Crippen LogP contribution in [0.1, 0.15) is 10.4 Å². The number of halogens is 1. The van der Waals surface area contributed by atoms with Gasteiger partial charge in [0.05, 0.1) is 27.9 Å². The molecule has 2 aromatic rings. The highest BCUT2D eigenvalue weighted by atomic mass is 19.1. The maximum Gasteiger partial charge on any atom is 0.251 e. The third kappa shape index (κ3) is 4.76. The Bertz CT molecular complexity index is 710. The Morgan fingerprint density at radius 2 is 1.72 bits per heavy atom. The highest BCUT2D eigenvalue weighted by molar-refractivity contribution is 5.95. The molecule has 2 rings (SSSR count). The second-order valence-corrected chi connectivity index (χ2v) is 4.98. The summed E-state index contributed by atoms with van der Waals surface area (Å²) in [7, 11) is 4.45. The molecule has 25 heavy (non-hydrogen) atoms. The number of benzene rings is 2. The van der Waals surface area contributed by atoms with Gasteiger partial charge >= 0.3 is 0 Å². The van der Waals surface area contributed by atoms with Crippen molar-refractivity contribution in [3.05, 3.63) is 47.8 Å². The molecule has 0 aliphatic heterocycles. The van der Waals surface area contributed by atoms with E-state index in [2.05, 4.69) is 5.32 Å². The molecule has 0 radical (unpaired) electrons. The van der Waals surface area contributed by atoms with Gasteiger partial charge in [-0.3, -0.25) is 4.79 Å². The fourth-order valence-electron chi connectivity index (χ4n) is 2.20. The maximum absolute atomic E-state index is 13.0. The van der Waals surface area contributed by atoms with Crippen LogP contribution in [0.3, 0.4) is 0 Å². The lowest BCUT2D eigenvalue weighted by molar-refractivity contribution is 0.0946. The lowest BCUT2D eigenvalue weighted by atomic mass is 10.1. The molecule has 0 heterocycles. The molecule has 7 heteroatoms. The van der Waals surface area contributed by atoms with Crippen molar-refractivity contribution in [2.75, 3.05) is 34.5 Å². The van der Waals surface area contributed by atoms with Crippen LogP contribution in [0.15, 0.2) is 36.4 Å². The van der Waals surface area contributed by atoms with E-state index in [0.29, 0.717) is 28.6 Å². The van der Waals surface area contributed by atoms with E-state index >= 15 is 0 Å². The molecule has 134 valence electrons. The van der Waals surface area contributed by atoms with E-state index in [1.807, 2.05) is 0 Å². The summed E-state index contributed by atoms with van der Waals surface area (Å²) in [6, 6.07) is 8.93. The molecule has 0 aromatic heterocycles.